The Morgan fingerprint density at radius 1 is 1.17 bits per heavy atom. The Hall–Kier alpha value is -2.78. The first-order chi connectivity index (χ1) is 16.9. The summed E-state index contributed by atoms with van der Waals surface area (Å²) in [6.45, 7) is 9.98. The average molecular weight is 506 g/mol. The number of likely N-dealkylation sites (N-methyl/N-ethyl adjacent to an activating group) is 1. The topological polar surface area (TPSA) is 94.2 Å². The lowest BCUT2D eigenvalue weighted by Gasteiger charge is -2.38. The average Bonchev–Trinajstić information content (AvgIpc) is 3.08. The van der Waals surface area contributed by atoms with Crippen LogP contribution in [0.4, 0.5) is 9.59 Å². The van der Waals surface area contributed by atoms with E-state index in [1.807, 2.05) is 24.8 Å². The van der Waals surface area contributed by atoms with E-state index in [9.17, 15) is 14.4 Å². The fourth-order valence-corrected chi connectivity index (χ4v) is 4.68. The van der Waals surface area contributed by atoms with Crippen LogP contribution >= 0.6 is 11.6 Å². The molecule has 0 bridgehead atoms. The van der Waals surface area contributed by atoms with Crippen LogP contribution in [0.5, 0.6) is 0 Å². The number of carbonyl (C=O) groups excluding carboxylic acids is 3. The molecule has 1 atom stereocenters. The highest BCUT2D eigenvalue weighted by atomic mass is 35.5. The molecule has 3 rings (SSSR count). The minimum atomic E-state index is -0.665. The van der Waals surface area contributed by atoms with E-state index in [-0.39, 0.29) is 18.7 Å². The van der Waals surface area contributed by atoms with Gasteiger partial charge in [0.15, 0.2) is 0 Å². The molecule has 0 unspecified atom stereocenters. The van der Waals surface area contributed by atoms with Gasteiger partial charge in [-0.2, -0.15) is 0 Å². The highest BCUT2D eigenvalue weighted by Crippen LogP contribution is 2.33. The van der Waals surface area contributed by atoms with Crippen LogP contribution in [-0.2, 0) is 9.53 Å². The summed E-state index contributed by atoms with van der Waals surface area (Å²) in [5.74, 6) is -0.457. The van der Waals surface area contributed by atoms with Gasteiger partial charge in [-0.15, -0.1) is 0 Å². The summed E-state index contributed by atoms with van der Waals surface area (Å²) < 4.78 is 5.43. The van der Waals surface area contributed by atoms with E-state index in [0.29, 0.717) is 55.6 Å². The first kappa shape index (κ1) is 26.8. The number of hydrogen-bond acceptors (Lipinski definition) is 5. The number of hydrogen-bond donors (Lipinski definition) is 2. The molecule has 2 N–H and O–H groups in total. The number of amides is 4. The molecule has 4 amide bonds. The van der Waals surface area contributed by atoms with Crippen molar-refractivity contribution < 1.29 is 19.1 Å². The van der Waals surface area contributed by atoms with Gasteiger partial charge in [-0.1, -0.05) is 30.7 Å². The molecule has 2 aliphatic heterocycles. The Kier molecular flexibility index (Phi) is 9.80. The summed E-state index contributed by atoms with van der Waals surface area (Å²) in [6, 6.07) is 6.16. The van der Waals surface area contributed by atoms with Crippen molar-refractivity contribution >= 4 is 29.6 Å². The standard InChI is InChI=1S/C25H36ClN5O4/c1-4-11-27-24(33)30-13-8-12-29(14-15-30)17-20-21(23(32)35-6-3)22(28-25(34)31(20)5-2)18-9-7-10-19(26)16-18/h7,9-10,16,22H,4-6,8,11-15,17H2,1-3H3,(H,27,33)(H,28,34)/t22-/m0/s1. The Bertz CT molecular complexity index is 954. The van der Waals surface area contributed by atoms with E-state index < -0.39 is 12.0 Å². The van der Waals surface area contributed by atoms with Crippen LogP contribution in [0.3, 0.4) is 0 Å². The van der Waals surface area contributed by atoms with Gasteiger partial charge in [0.1, 0.15) is 0 Å². The Balaban J connectivity index is 1.92. The van der Waals surface area contributed by atoms with Gasteiger partial charge in [-0.25, -0.2) is 14.4 Å². The predicted molar refractivity (Wildman–Crippen MR) is 135 cm³/mol. The number of esters is 1. The molecule has 0 aliphatic carbocycles. The predicted octanol–water partition coefficient (Wildman–Crippen LogP) is 3.37. The van der Waals surface area contributed by atoms with Crippen molar-refractivity contribution in [2.75, 3.05) is 52.4 Å². The molecule has 2 aliphatic rings. The zero-order chi connectivity index (χ0) is 25.4. The van der Waals surface area contributed by atoms with Gasteiger partial charge in [0.05, 0.1) is 18.2 Å². The normalized spacial score (nSPS) is 19.3. The lowest BCUT2D eigenvalue weighted by atomic mass is 9.94. The van der Waals surface area contributed by atoms with Crippen molar-refractivity contribution in [3.05, 3.63) is 46.1 Å². The lowest BCUT2D eigenvalue weighted by Crippen LogP contribution is -2.51. The van der Waals surface area contributed by atoms with Gasteiger partial charge in [0, 0.05) is 56.5 Å². The first-order valence-electron chi connectivity index (χ1n) is 12.4. The van der Waals surface area contributed by atoms with Crippen molar-refractivity contribution in [1.82, 2.24) is 25.3 Å². The molecule has 1 fully saturated rings. The van der Waals surface area contributed by atoms with Gasteiger partial charge in [0.2, 0.25) is 0 Å². The molecule has 9 nitrogen and oxygen atoms in total. The zero-order valence-corrected chi connectivity index (χ0v) is 21.6. The fourth-order valence-electron chi connectivity index (χ4n) is 4.48. The molecule has 1 saturated heterocycles. The van der Waals surface area contributed by atoms with Crippen LogP contribution in [0, 0.1) is 0 Å². The van der Waals surface area contributed by atoms with Crippen molar-refractivity contribution in [2.24, 2.45) is 0 Å². The maximum absolute atomic E-state index is 13.2. The van der Waals surface area contributed by atoms with E-state index >= 15 is 0 Å². The van der Waals surface area contributed by atoms with Crippen LogP contribution in [0.2, 0.25) is 5.02 Å². The number of rotatable bonds is 8. The molecule has 1 aromatic rings. The van der Waals surface area contributed by atoms with Crippen LogP contribution < -0.4 is 10.6 Å². The number of halogens is 1. The second kappa shape index (κ2) is 12.8. The number of ether oxygens (including phenoxy) is 1. The molecular weight excluding hydrogens is 470 g/mol. The summed E-state index contributed by atoms with van der Waals surface area (Å²) in [7, 11) is 0. The van der Waals surface area contributed by atoms with E-state index in [1.54, 1.807) is 30.0 Å². The second-order valence-electron chi connectivity index (χ2n) is 8.61. The molecule has 0 spiro atoms. The van der Waals surface area contributed by atoms with Crippen LogP contribution in [0.25, 0.3) is 0 Å². The molecule has 0 radical (unpaired) electrons. The molecule has 10 heteroatoms. The van der Waals surface area contributed by atoms with Crippen molar-refractivity contribution in [2.45, 2.75) is 39.7 Å². The number of nitrogens with zero attached hydrogens (tertiary/aromatic N) is 3. The molecule has 0 saturated carbocycles. The number of benzene rings is 1. The lowest BCUT2D eigenvalue weighted by molar-refractivity contribution is -0.139. The number of urea groups is 2. The SMILES string of the molecule is CCCNC(=O)N1CCCN(CC2=C(C(=O)OCC)[C@H](c3cccc(Cl)c3)NC(=O)N2CC)CC1. The maximum atomic E-state index is 13.2. The third-order valence-corrected chi connectivity index (χ3v) is 6.44. The molecular formula is C25H36ClN5O4. The summed E-state index contributed by atoms with van der Waals surface area (Å²) in [6.07, 6.45) is 1.69. The summed E-state index contributed by atoms with van der Waals surface area (Å²) in [5.41, 5.74) is 1.76. The van der Waals surface area contributed by atoms with Gasteiger partial charge in [-0.3, -0.25) is 9.80 Å². The van der Waals surface area contributed by atoms with Crippen molar-refractivity contribution in [1.29, 1.82) is 0 Å². The van der Waals surface area contributed by atoms with E-state index in [1.165, 1.54) is 0 Å². The fraction of sp³-hybridized carbons (Fsp3) is 0.560. The van der Waals surface area contributed by atoms with Crippen LogP contribution in [0.15, 0.2) is 35.5 Å². The van der Waals surface area contributed by atoms with Gasteiger partial charge in [0.25, 0.3) is 0 Å². The van der Waals surface area contributed by atoms with Crippen molar-refractivity contribution in [3.8, 4) is 0 Å². The van der Waals surface area contributed by atoms with Gasteiger partial charge < -0.3 is 20.3 Å². The van der Waals surface area contributed by atoms with Crippen molar-refractivity contribution in [3.63, 3.8) is 0 Å². The third-order valence-electron chi connectivity index (χ3n) is 6.21. The Labute approximate surface area is 212 Å². The highest BCUT2D eigenvalue weighted by molar-refractivity contribution is 6.30. The summed E-state index contributed by atoms with van der Waals surface area (Å²) >= 11 is 6.22. The second-order valence-corrected chi connectivity index (χ2v) is 9.05. The smallest absolute Gasteiger partial charge is 0.338 e. The molecule has 192 valence electrons. The molecule has 0 aromatic heterocycles. The van der Waals surface area contributed by atoms with Crippen LogP contribution in [0.1, 0.15) is 45.2 Å². The van der Waals surface area contributed by atoms with Gasteiger partial charge >= 0.3 is 18.0 Å². The third kappa shape index (κ3) is 6.67. The van der Waals surface area contributed by atoms with E-state index in [0.717, 1.165) is 24.9 Å². The Morgan fingerprint density at radius 3 is 2.66 bits per heavy atom. The number of carbonyl (C=O) groups is 3. The summed E-state index contributed by atoms with van der Waals surface area (Å²) in [4.78, 5) is 44.4. The van der Waals surface area contributed by atoms with Gasteiger partial charge in [-0.05, 0) is 44.4 Å². The quantitative estimate of drug-likeness (QED) is 0.528. The largest absolute Gasteiger partial charge is 0.463 e. The number of nitrogens with one attached hydrogen (secondary N) is 2. The molecule has 35 heavy (non-hydrogen) atoms. The maximum Gasteiger partial charge on any atom is 0.338 e. The minimum absolute atomic E-state index is 0.0478. The van der Waals surface area contributed by atoms with Crippen LogP contribution in [-0.4, -0.2) is 85.2 Å². The highest BCUT2D eigenvalue weighted by Gasteiger charge is 2.38. The Morgan fingerprint density at radius 2 is 1.97 bits per heavy atom. The molecule has 1 aromatic carbocycles. The first-order valence-corrected chi connectivity index (χ1v) is 12.8. The minimum Gasteiger partial charge on any atom is -0.463 e. The zero-order valence-electron chi connectivity index (χ0n) is 20.8. The summed E-state index contributed by atoms with van der Waals surface area (Å²) in [5, 5.41) is 6.42. The van der Waals surface area contributed by atoms with E-state index in [4.69, 9.17) is 16.3 Å². The van der Waals surface area contributed by atoms with E-state index in [2.05, 4.69) is 15.5 Å². The monoisotopic (exact) mass is 505 g/mol. The molecule has 2 heterocycles.